The summed E-state index contributed by atoms with van der Waals surface area (Å²) in [6.07, 6.45) is 3.14. The molecule has 104 valence electrons. The van der Waals surface area contributed by atoms with Gasteiger partial charge in [0.05, 0.1) is 24.8 Å². The summed E-state index contributed by atoms with van der Waals surface area (Å²) >= 11 is 4.49. The first-order valence-electron chi connectivity index (χ1n) is 5.51. The number of anilines is 1. The minimum Gasteiger partial charge on any atom is -0.469 e. The third-order valence-corrected chi connectivity index (χ3v) is 3.53. The van der Waals surface area contributed by atoms with Crippen molar-refractivity contribution in [3.63, 3.8) is 0 Å². The molecular formula is C12H10BrN3O3S. The van der Waals surface area contributed by atoms with Gasteiger partial charge in [0.1, 0.15) is 0 Å². The molecule has 1 amide bonds. The number of hydrogen-bond acceptors (Lipinski definition) is 6. The number of rotatable bonds is 4. The van der Waals surface area contributed by atoms with Crippen LogP contribution in [0.1, 0.15) is 16.1 Å². The maximum absolute atomic E-state index is 12.0. The summed E-state index contributed by atoms with van der Waals surface area (Å²) in [4.78, 5) is 31.1. The molecule has 0 aliphatic carbocycles. The molecule has 0 aromatic carbocycles. The molecule has 0 unspecified atom stereocenters. The van der Waals surface area contributed by atoms with Gasteiger partial charge in [-0.3, -0.25) is 19.9 Å². The normalized spacial score (nSPS) is 10.1. The van der Waals surface area contributed by atoms with Gasteiger partial charge in [-0.2, -0.15) is 0 Å². The maximum Gasteiger partial charge on any atom is 0.311 e. The summed E-state index contributed by atoms with van der Waals surface area (Å²) in [7, 11) is 1.32. The number of carbonyl (C=O) groups is 2. The number of methoxy groups -OCH3 is 1. The van der Waals surface area contributed by atoms with Crippen LogP contribution in [0.2, 0.25) is 0 Å². The highest BCUT2D eigenvalue weighted by Crippen LogP contribution is 2.18. The number of ether oxygens (including phenoxy) is 1. The van der Waals surface area contributed by atoms with E-state index in [9.17, 15) is 9.59 Å². The summed E-state index contributed by atoms with van der Waals surface area (Å²) in [5.74, 6) is -0.679. The van der Waals surface area contributed by atoms with Crippen LogP contribution in [0.25, 0.3) is 0 Å². The van der Waals surface area contributed by atoms with E-state index in [0.29, 0.717) is 16.4 Å². The Bertz CT molecular complexity index is 644. The Morgan fingerprint density at radius 2 is 2.25 bits per heavy atom. The van der Waals surface area contributed by atoms with Gasteiger partial charge in [0.15, 0.2) is 5.13 Å². The molecule has 0 fully saturated rings. The quantitative estimate of drug-likeness (QED) is 0.850. The third-order valence-electron chi connectivity index (χ3n) is 2.29. The predicted molar refractivity (Wildman–Crippen MR) is 77.7 cm³/mol. The van der Waals surface area contributed by atoms with Crippen molar-refractivity contribution >= 4 is 44.3 Å². The van der Waals surface area contributed by atoms with Crippen molar-refractivity contribution in [2.45, 2.75) is 6.42 Å². The summed E-state index contributed by atoms with van der Waals surface area (Å²) < 4.78 is 5.27. The Kier molecular flexibility index (Phi) is 4.80. The first kappa shape index (κ1) is 14.6. The number of nitrogens with one attached hydrogen (secondary N) is 1. The number of thiazole rings is 1. The average Bonchev–Trinajstić information content (AvgIpc) is 2.85. The summed E-state index contributed by atoms with van der Waals surface area (Å²) in [5, 5.41) is 4.78. The number of hydrogen-bond donors (Lipinski definition) is 1. The van der Waals surface area contributed by atoms with Crippen LogP contribution >= 0.6 is 27.3 Å². The molecule has 2 aromatic heterocycles. The van der Waals surface area contributed by atoms with Gasteiger partial charge in [-0.15, -0.1) is 11.3 Å². The van der Waals surface area contributed by atoms with Crippen molar-refractivity contribution in [3.8, 4) is 0 Å². The van der Waals surface area contributed by atoms with Crippen LogP contribution in [0.15, 0.2) is 28.3 Å². The smallest absolute Gasteiger partial charge is 0.311 e. The Balaban J connectivity index is 2.03. The highest BCUT2D eigenvalue weighted by Gasteiger charge is 2.11. The zero-order valence-corrected chi connectivity index (χ0v) is 12.8. The van der Waals surface area contributed by atoms with Gasteiger partial charge in [-0.25, -0.2) is 4.98 Å². The Morgan fingerprint density at radius 1 is 1.45 bits per heavy atom. The average molecular weight is 356 g/mol. The van der Waals surface area contributed by atoms with E-state index < -0.39 is 0 Å². The minimum absolute atomic E-state index is 0.0846. The van der Waals surface area contributed by atoms with Gasteiger partial charge in [0, 0.05) is 22.2 Å². The zero-order chi connectivity index (χ0) is 14.5. The molecule has 8 heteroatoms. The van der Waals surface area contributed by atoms with Gasteiger partial charge in [0.25, 0.3) is 5.91 Å². The molecular weight excluding hydrogens is 346 g/mol. The molecule has 20 heavy (non-hydrogen) atoms. The Labute approximate surface area is 127 Å². The SMILES string of the molecule is COC(=O)Cc1csc(NC(=O)c2cncc(Br)c2)n1. The fraction of sp³-hybridized carbons (Fsp3) is 0.167. The van der Waals surface area contributed by atoms with Crippen molar-refractivity contribution in [1.29, 1.82) is 0 Å². The zero-order valence-electron chi connectivity index (χ0n) is 10.4. The summed E-state index contributed by atoms with van der Waals surface area (Å²) in [6, 6.07) is 1.66. The second-order valence-corrected chi connectivity index (χ2v) is 5.52. The molecule has 2 rings (SSSR count). The fourth-order valence-corrected chi connectivity index (χ4v) is 2.44. The van der Waals surface area contributed by atoms with E-state index in [1.54, 1.807) is 17.6 Å². The lowest BCUT2D eigenvalue weighted by atomic mass is 10.3. The van der Waals surface area contributed by atoms with Crippen LogP contribution in [-0.4, -0.2) is 29.0 Å². The van der Waals surface area contributed by atoms with Gasteiger partial charge >= 0.3 is 5.97 Å². The third kappa shape index (κ3) is 3.84. The van der Waals surface area contributed by atoms with E-state index in [-0.39, 0.29) is 18.3 Å². The lowest BCUT2D eigenvalue weighted by Gasteiger charge is -2.01. The number of nitrogens with zero attached hydrogens (tertiary/aromatic N) is 2. The lowest BCUT2D eigenvalue weighted by Crippen LogP contribution is -2.12. The molecule has 0 saturated carbocycles. The van der Waals surface area contributed by atoms with Gasteiger partial charge in [-0.05, 0) is 22.0 Å². The standard InChI is InChI=1S/C12H10BrN3O3S/c1-19-10(17)3-9-6-20-12(15-9)16-11(18)7-2-8(13)5-14-4-7/h2,4-6H,3H2,1H3,(H,15,16,18). The highest BCUT2D eigenvalue weighted by atomic mass is 79.9. The molecule has 0 spiro atoms. The van der Waals surface area contributed by atoms with E-state index in [0.717, 1.165) is 4.47 Å². The molecule has 6 nitrogen and oxygen atoms in total. The molecule has 2 aromatic rings. The molecule has 0 aliphatic heterocycles. The van der Waals surface area contributed by atoms with Crippen molar-refractivity contribution in [2.75, 3.05) is 12.4 Å². The van der Waals surface area contributed by atoms with E-state index in [1.165, 1.54) is 24.6 Å². The summed E-state index contributed by atoms with van der Waals surface area (Å²) in [6.45, 7) is 0. The van der Waals surface area contributed by atoms with Crippen LogP contribution in [0.3, 0.4) is 0 Å². The van der Waals surface area contributed by atoms with Crippen LogP contribution in [0.5, 0.6) is 0 Å². The molecule has 0 saturated heterocycles. The van der Waals surface area contributed by atoms with Crippen LogP contribution in [0, 0.1) is 0 Å². The highest BCUT2D eigenvalue weighted by molar-refractivity contribution is 9.10. The van der Waals surface area contributed by atoms with Crippen molar-refractivity contribution in [1.82, 2.24) is 9.97 Å². The number of halogens is 1. The molecule has 0 radical (unpaired) electrons. The van der Waals surface area contributed by atoms with Crippen LogP contribution in [-0.2, 0) is 16.0 Å². The van der Waals surface area contributed by atoms with E-state index in [2.05, 4.69) is 36.0 Å². The van der Waals surface area contributed by atoms with E-state index in [1.807, 2.05) is 0 Å². The molecule has 0 bridgehead atoms. The molecule has 2 heterocycles. The van der Waals surface area contributed by atoms with Gasteiger partial charge in [0.2, 0.25) is 0 Å². The Morgan fingerprint density at radius 3 is 2.95 bits per heavy atom. The van der Waals surface area contributed by atoms with Gasteiger partial charge < -0.3 is 4.74 Å². The number of aromatic nitrogens is 2. The molecule has 0 aliphatic rings. The Hall–Kier alpha value is -1.80. The van der Waals surface area contributed by atoms with Gasteiger partial charge in [-0.1, -0.05) is 0 Å². The van der Waals surface area contributed by atoms with E-state index in [4.69, 9.17) is 0 Å². The number of esters is 1. The first-order valence-corrected chi connectivity index (χ1v) is 7.19. The van der Waals surface area contributed by atoms with Crippen LogP contribution in [0.4, 0.5) is 5.13 Å². The fourth-order valence-electron chi connectivity index (χ4n) is 1.37. The topological polar surface area (TPSA) is 81.2 Å². The minimum atomic E-state index is -0.371. The predicted octanol–water partition coefficient (Wildman–Crippen LogP) is 2.27. The van der Waals surface area contributed by atoms with E-state index >= 15 is 0 Å². The lowest BCUT2D eigenvalue weighted by molar-refractivity contribution is -0.139. The summed E-state index contributed by atoms with van der Waals surface area (Å²) in [5.41, 5.74) is 0.980. The van der Waals surface area contributed by atoms with Crippen molar-refractivity contribution in [2.24, 2.45) is 0 Å². The second kappa shape index (κ2) is 6.58. The van der Waals surface area contributed by atoms with Crippen LogP contribution < -0.4 is 5.32 Å². The largest absolute Gasteiger partial charge is 0.469 e. The van der Waals surface area contributed by atoms with Crippen molar-refractivity contribution in [3.05, 3.63) is 39.6 Å². The monoisotopic (exact) mass is 355 g/mol. The maximum atomic E-state index is 12.0. The number of pyridine rings is 1. The molecule has 0 atom stereocenters. The first-order chi connectivity index (χ1) is 9.58. The number of carbonyl (C=O) groups excluding carboxylic acids is 2. The number of amides is 1. The molecule has 1 N–H and O–H groups in total. The second-order valence-electron chi connectivity index (χ2n) is 3.74. The van der Waals surface area contributed by atoms with Crippen molar-refractivity contribution < 1.29 is 14.3 Å².